The van der Waals surface area contributed by atoms with Crippen molar-refractivity contribution < 1.29 is 14.3 Å². The Hall–Kier alpha value is -3.01. The van der Waals surface area contributed by atoms with Gasteiger partial charge in [0.25, 0.3) is 0 Å². The number of carbonyl (C=O) groups excluding carboxylic acids is 1. The third-order valence-electron chi connectivity index (χ3n) is 3.89. The van der Waals surface area contributed by atoms with Gasteiger partial charge in [-0.25, -0.2) is 0 Å². The molecule has 3 aromatic rings. The lowest BCUT2D eigenvalue weighted by Gasteiger charge is -2.08. The molecule has 4 nitrogen and oxygen atoms in total. The molecule has 1 N–H and O–H groups in total. The normalized spacial score (nSPS) is 12.3. The summed E-state index contributed by atoms with van der Waals surface area (Å²) in [6.45, 7) is 0.225. The van der Waals surface area contributed by atoms with E-state index in [2.05, 4.69) is 17.4 Å². The third-order valence-corrected chi connectivity index (χ3v) is 3.89. The summed E-state index contributed by atoms with van der Waals surface area (Å²) >= 11 is 0. The van der Waals surface area contributed by atoms with Crippen LogP contribution in [0.3, 0.4) is 0 Å². The highest BCUT2D eigenvalue weighted by atomic mass is 16.7. The smallest absolute Gasteiger partial charge is 0.231 e. The molecule has 4 heteroatoms. The summed E-state index contributed by atoms with van der Waals surface area (Å²) in [6, 6.07) is 19.5. The lowest BCUT2D eigenvalue weighted by molar-refractivity contribution is -0.115. The molecule has 0 bridgehead atoms. The average Bonchev–Trinajstić information content (AvgIpc) is 3.03. The molecule has 1 amide bonds. The minimum absolute atomic E-state index is 0.0554. The molecular weight excluding hydrogens is 290 g/mol. The van der Waals surface area contributed by atoms with Crippen LogP contribution in [0.1, 0.15) is 5.56 Å². The Balaban J connectivity index is 1.53. The quantitative estimate of drug-likeness (QED) is 0.801. The predicted octanol–water partition coefficient (Wildman–Crippen LogP) is 3.75. The number of ether oxygens (including phenoxy) is 2. The van der Waals surface area contributed by atoms with Crippen molar-refractivity contribution in [3.63, 3.8) is 0 Å². The van der Waals surface area contributed by atoms with Gasteiger partial charge in [0.15, 0.2) is 11.5 Å². The standard InChI is InChI=1S/C19H15NO3/c21-19(20-15-8-9-17-18(11-15)23-12-22-17)10-14-6-3-5-13-4-1-2-7-16(13)14/h1-9,11H,10,12H2,(H,20,21). The van der Waals surface area contributed by atoms with Gasteiger partial charge in [-0.05, 0) is 28.5 Å². The zero-order chi connectivity index (χ0) is 15.6. The lowest BCUT2D eigenvalue weighted by Crippen LogP contribution is -2.14. The molecule has 23 heavy (non-hydrogen) atoms. The molecule has 4 rings (SSSR count). The van der Waals surface area contributed by atoms with E-state index in [0.717, 1.165) is 16.3 Å². The summed E-state index contributed by atoms with van der Waals surface area (Å²) in [5.74, 6) is 1.31. The number of carbonyl (C=O) groups is 1. The maximum absolute atomic E-state index is 12.3. The van der Waals surface area contributed by atoms with Crippen LogP contribution in [-0.2, 0) is 11.2 Å². The molecule has 0 atom stereocenters. The summed E-state index contributed by atoms with van der Waals surface area (Å²) in [4.78, 5) is 12.3. The maximum Gasteiger partial charge on any atom is 0.231 e. The first-order valence-corrected chi connectivity index (χ1v) is 7.46. The van der Waals surface area contributed by atoms with E-state index in [-0.39, 0.29) is 12.7 Å². The number of hydrogen-bond donors (Lipinski definition) is 1. The van der Waals surface area contributed by atoms with E-state index in [1.54, 1.807) is 12.1 Å². The van der Waals surface area contributed by atoms with Gasteiger partial charge >= 0.3 is 0 Å². The van der Waals surface area contributed by atoms with Crippen LogP contribution in [0.5, 0.6) is 11.5 Å². The topological polar surface area (TPSA) is 47.6 Å². The van der Waals surface area contributed by atoms with Crippen LogP contribution in [0.25, 0.3) is 10.8 Å². The highest BCUT2D eigenvalue weighted by molar-refractivity contribution is 5.96. The molecule has 114 valence electrons. The van der Waals surface area contributed by atoms with Gasteiger partial charge in [-0.3, -0.25) is 4.79 Å². The van der Waals surface area contributed by atoms with Gasteiger partial charge < -0.3 is 14.8 Å². The predicted molar refractivity (Wildman–Crippen MR) is 88.8 cm³/mol. The highest BCUT2D eigenvalue weighted by Gasteiger charge is 2.14. The summed E-state index contributed by atoms with van der Waals surface area (Å²) in [7, 11) is 0. The molecule has 3 aromatic carbocycles. The van der Waals surface area contributed by atoms with E-state index in [9.17, 15) is 4.79 Å². The van der Waals surface area contributed by atoms with Gasteiger partial charge in [0.1, 0.15) is 0 Å². The Morgan fingerprint density at radius 3 is 2.74 bits per heavy atom. The van der Waals surface area contributed by atoms with Crippen molar-refractivity contribution in [3.05, 3.63) is 66.2 Å². The Labute approximate surface area is 133 Å². The third kappa shape index (κ3) is 2.71. The van der Waals surface area contributed by atoms with Gasteiger partial charge in [-0.15, -0.1) is 0 Å². The first-order valence-electron chi connectivity index (χ1n) is 7.46. The fraction of sp³-hybridized carbons (Fsp3) is 0.105. The van der Waals surface area contributed by atoms with Crippen molar-refractivity contribution >= 4 is 22.4 Å². The zero-order valence-electron chi connectivity index (χ0n) is 12.4. The first kappa shape index (κ1) is 13.6. The van der Waals surface area contributed by atoms with E-state index < -0.39 is 0 Å². The molecular formula is C19H15NO3. The van der Waals surface area contributed by atoms with Crippen LogP contribution in [0.15, 0.2) is 60.7 Å². The molecule has 0 saturated carbocycles. The van der Waals surface area contributed by atoms with Crippen molar-refractivity contribution in [3.8, 4) is 11.5 Å². The van der Waals surface area contributed by atoms with Gasteiger partial charge in [0.05, 0.1) is 6.42 Å². The Kier molecular flexibility index (Phi) is 3.35. The van der Waals surface area contributed by atoms with Crippen LogP contribution in [0.4, 0.5) is 5.69 Å². The summed E-state index contributed by atoms with van der Waals surface area (Å²) in [5.41, 5.74) is 1.72. The summed E-state index contributed by atoms with van der Waals surface area (Å²) < 4.78 is 10.6. The highest BCUT2D eigenvalue weighted by Crippen LogP contribution is 2.34. The number of rotatable bonds is 3. The molecule has 1 aliphatic heterocycles. The molecule has 0 aliphatic carbocycles. The largest absolute Gasteiger partial charge is 0.454 e. The van der Waals surface area contributed by atoms with E-state index in [0.29, 0.717) is 23.6 Å². The van der Waals surface area contributed by atoms with Crippen molar-refractivity contribution in [1.82, 2.24) is 0 Å². The second kappa shape index (κ2) is 5.65. The van der Waals surface area contributed by atoms with Crippen molar-refractivity contribution in [2.24, 2.45) is 0 Å². The minimum Gasteiger partial charge on any atom is -0.454 e. The Bertz CT molecular complexity index is 883. The van der Waals surface area contributed by atoms with Gasteiger partial charge in [0, 0.05) is 11.8 Å². The van der Waals surface area contributed by atoms with Crippen LogP contribution in [-0.4, -0.2) is 12.7 Å². The number of anilines is 1. The number of fused-ring (bicyclic) bond motifs is 2. The van der Waals surface area contributed by atoms with Crippen molar-refractivity contribution in [2.75, 3.05) is 12.1 Å². The van der Waals surface area contributed by atoms with Gasteiger partial charge in [0.2, 0.25) is 12.7 Å². The molecule has 1 aliphatic rings. The molecule has 0 fully saturated rings. The maximum atomic E-state index is 12.3. The zero-order valence-corrected chi connectivity index (χ0v) is 12.4. The molecule has 1 heterocycles. The number of amides is 1. The number of nitrogens with one attached hydrogen (secondary N) is 1. The lowest BCUT2D eigenvalue weighted by atomic mass is 10.0. The number of benzene rings is 3. The molecule has 0 radical (unpaired) electrons. The van der Waals surface area contributed by atoms with E-state index in [1.165, 1.54) is 0 Å². The van der Waals surface area contributed by atoms with Crippen molar-refractivity contribution in [1.29, 1.82) is 0 Å². The molecule has 0 unspecified atom stereocenters. The fourth-order valence-corrected chi connectivity index (χ4v) is 2.80. The minimum atomic E-state index is -0.0554. The van der Waals surface area contributed by atoms with Crippen LogP contribution in [0.2, 0.25) is 0 Å². The summed E-state index contributed by atoms with van der Waals surface area (Å²) in [5, 5.41) is 5.16. The molecule has 0 spiro atoms. The second-order valence-electron chi connectivity index (χ2n) is 5.43. The Morgan fingerprint density at radius 1 is 0.957 bits per heavy atom. The van der Waals surface area contributed by atoms with Gasteiger partial charge in [-0.1, -0.05) is 42.5 Å². The molecule has 0 aromatic heterocycles. The van der Waals surface area contributed by atoms with Gasteiger partial charge in [-0.2, -0.15) is 0 Å². The first-order chi connectivity index (χ1) is 11.3. The van der Waals surface area contributed by atoms with E-state index in [4.69, 9.17) is 9.47 Å². The average molecular weight is 305 g/mol. The van der Waals surface area contributed by atoms with Crippen LogP contribution >= 0.6 is 0 Å². The summed E-state index contributed by atoms with van der Waals surface area (Å²) in [6.07, 6.45) is 0.329. The van der Waals surface area contributed by atoms with E-state index >= 15 is 0 Å². The number of hydrogen-bond acceptors (Lipinski definition) is 3. The second-order valence-corrected chi connectivity index (χ2v) is 5.43. The Morgan fingerprint density at radius 2 is 1.78 bits per heavy atom. The monoisotopic (exact) mass is 305 g/mol. The molecule has 0 saturated heterocycles. The SMILES string of the molecule is O=C(Cc1cccc2ccccc12)Nc1ccc2c(c1)OCO2. The van der Waals surface area contributed by atoms with E-state index in [1.807, 2.05) is 36.4 Å². The van der Waals surface area contributed by atoms with Crippen LogP contribution < -0.4 is 14.8 Å². The fourth-order valence-electron chi connectivity index (χ4n) is 2.80. The van der Waals surface area contributed by atoms with Crippen LogP contribution in [0, 0.1) is 0 Å². The van der Waals surface area contributed by atoms with Crippen molar-refractivity contribution in [2.45, 2.75) is 6.42 Å².